The standard InChI is InChI=1S/C16H27N.ClH/c1-12(2)6-11-15(17)13-7-9-14(10-8-13)16(3,4)5;/h7-10,12,15H,6,11,17H2,1-5H3;1H/t15-;/m1./s1. The average Bonchev–Trinajstić information content (AvgIpc) is 2.25. The van der Waals surface area contributed by atoms with Crippen LogP contribution < -0.4 is 5.73 Å². The summed E-state index contributed by atoms with van der Waals surface area (Å²) in [7, 11) is 0. The molecule has 0 unspecified atom stereocenters. The van der Waals surface area contributed by atoms with Gasteiger partial charge in [0.2, 0.25) is 0 Å². The second kappa shape index (κ2) is 7.16. The van der Waals surface area contributed by atoms with Crippen molar-refractivity contribution in [3.63, 3.8) is 0 Å². The zero-order valence-corrected chi connectivity index (χ0v) is 13.2. The first-order valence-corrected chi connectivity index (χ1v) is 6.66. The van der Waals surface area contributed by atoms with Gasteiger partial charge >= 0.3 is 0 Å². The Balaban J connectivity index is 0.00000289. The summed E-state index contributed by atoms with van der Waals surface area (Å²) >= 11 is 0. The van der Waals surface area contributed by atoms with Crippen molar-refractivity contribution in [2.45, 2.75) is 58.9 Å². The monoisotopic (exact) mass is 269 g/mol. The molecular weight excluding hydrogens is 242 g/mol. The van der Waals surface area contributed by atoms with Gasteiger partial charge in [0.1, 0.15) is 0 Å². The fourth-order valence-corrected chi connectivity index (χ4v) is 1.91. The second-order valence-corrected chi connectivity index (χ2v) is 6.45. The molecular formula is C16H28ClN. The molecule has 1 rings (SSSR count). The van der Waals surface area contributed by atoms with Crippen LogP contribution in [0.25, 0.3) is 0 Å². The van der Waals surface area contributed by atoms with E-state index in [1.807, 2.05) is 0 Å². The van der Waals surface area contributed by atoms with E-state index in [1.54, 1.807) is 0 Å². The van der Waals surface area contributed by atoms with Gasteiger partial charge in [-0.3, -0.25) is 0 Å². The fraction of sp³-hybridized carbons (Fsp3) is 0.625. The maximum Gasteiger partial charge on any atom is 0.0294 e. The Morgan fingerprint density at radius 3 is 1.89 bits per heavy atom. The van der Waals surface area contributed by atoms with Crippen molar-refractivity contribution >= 4 is 12.4 Å². The van der Waals surface area contributed by atoms with Crippen LogP contribution in [-0.4, -0.2) is 0 Å². The normalized spacial score (nSPS) is 13.3. The predicted octanol–water partition coefficient (Wildman–Crippen LogP) is 4.84. The van der Waals surface area contributed by atoms with Gasteiger partial charge in [0.25, 0.3) is 0 Å². The summed E-state index contributed by atoms with van der Waals surface area (Å²) in [5.41, 5.74) is 9.06. The molecule has 0 spiro atoms. The first-order valence-electron chi connectivity index (χ1n) is 6.66. The topological polar surface area (TPSA) is 26.0 Å². The highest BCUT2D eigenvalue weighted by atomic mass is 35.5. The van der Waals surface area contributed by atoms with Crippen LogP contribution in [0.15, 0.2) is 24.3 Å². The first kappa shape index (κ1) is 17.5. The van der Waals surface area contributed by atoms with Crippen molar-refractivity contribution in [2.24, 2.45) is 11.7 Å². The molecule has 1 atom stereocenters. The van der Waals surface area contributed by atoms with E-state index in [4.69, 9.17) is 5.73 Å². The lowest BCUT2D eigenvalue weighted by Gasteiger charge is -2.20. The summed E-state index contributed by atoms with van der Waals surface area (Å²) in [6, 6.07) is 8.98. The average molecular weight is 270 g/mol. The van der Waals surface area contributed by atoms with E-state index in [1.165, 1.54) is 17.5 Å². The molecule has 1 aromatic rings. The van der Waals surface area contributed by atoms with Crippen LogP contribution in [-0.2, 0) is 5.41 Å². The van der Waals surface area contributed by atoms with Crippen molar-refractivity contribution in [2.75, 3.05) is 0 Å². The highest BCUT2D eigenvalue weighted by Crippen LogP contribution is 2.25. The van der Waals surface area contributed by atoms with Gasteiger partial charge in [0.15, 0.2) is 0 Å². The van der Waals surface area contributed by atoms with E-state index in [2.05, 4.69) is 58.9 Å². The number of hydrogen-bond acceptors (Lipinski definition) is 1. The number of rotatable bonds is 4. The van der Waals surface area contributed by atoms with Gasteiger partial charge in [-0.15, -0.1) is 12.4 Å². The van der Waals surface area contributed by atoms with Crippen LogP contribution in [0.2, 0.25) is 0 Å². The Morgan fingerprint density at radius 2 is 1.50 bits per heavy atom. The van der Waals surface area contributed by atoms with E-state index in [-0.39, 0.29) is 23.9 Å². The molecule has 1 nitrogen and oxygen atoms in total. The van der Waals surface area contributed by atoms with Gasteiger partial charge in [-0.25, -0.2) is 0 Å². The maximum absolute atomic E-state index is 6.20. The van der Waals surface area contributed by atoms with Crippen LogP contribution in [0.4, 0.5) is 0 Å². The Labute approximate surface area is 119 Å². The zero-order valence-electron chi connectivity index (χ0n) is 12.4. The summed E-state index contributed by atoms with van der Waals surface area (Å²) in [4.78, 5) is 0. The summed E-state index contributed by atoms with van der Waals surface area (Å²) in [5.74, 6) is 0.731. The zero-order chi connectivity index (χ0) is 13.1. The van der Waals surface area contributed by atoms with Crippen LogP contribution in [0.3, 0.4) is 0 Å². The highest BCUT2D eigenvalue weighted by molar-refractivity contribution is 5.85. The Morgan fingerprint density at radius 1 is 1.00 bits per heavy atom. The molecule has 0 fully saturated rings. The summed E-state index contributed by atoms with van der Waals surface area (Å²) < 4.78 is 0. The Bertz CT molecular complexity index is 335. The number of nitrogens with two attached hydrogens (primary N) is 1. The third-order valence-corrected chi connectivity index (χ3v) is 3.26. The molecule has 0 aromatic heterocycles. The summed E-state index contributed by atoms with van der Waals surface area (Å²) in [6.45, 7) is 11.2. The van der Waals surface area contributed by atoms with Crippen molar-refractivity contribution in [1.82, 2.24) is 0 Å². The first-order chi connectivity index (χ1) is 7.80. The molecule has 1 aromatic carbocycles. The summed E-state index contributed by atoms with van der Waals surface area (Å²) in [5, 5.41) is 0. The summed E-state index contributed by atoms with van der Waals surface area (Å²) in [6.07, 6.45) is 2.27. The largest absolute Gasteiger partial charge is 0.324 e. The molecule has 0 bridgehead atoms. The second-order valence-electron chi connectivity index (χ2n) is 6.45. The third kappa shape index (κ3) is 5.41. The minimum Gasteiger partial charge on any atom is -0.324 e. The van der Waals surface area contributed by atoms with Gasteiger partial charge in [0.05, 0.1) is 0 Å². The minimum atomic E-state index is 0. The van der Waals surface area contributed by atoms with Gasteiger partial charge in [0, 0.05) is 6.04 Å². The molecule has 0 aliphatic heterocycles. The van der Waals surface area contributed by atoms with Crippen molar-refractivity contribution in [1.29, 1.82) is 0 Å². The van der Waals surface area contributed by atoms with E-state index >= 15 is 0 Å². The van der Waals surface area contributed by atoms with Gasteiger partial charge in [-0.2, -0.15) is 0 Å². The minimum absolute atomic E-state index is 0. The highest BCUT2D eigenvalue weighted by Gasteiger charge is 2.14. The molecule has 2 N–H and O–H groups in total. The Hall–Kier alpha value is -0.530. The molecule has 0 saturated heterocycles. The molecule has 0 aliphatic carbocycles. The van der Waals surface area contributed by atoms with Crippen LogP contribution in [0.5, 0.6) is 0 Å². The van der Waals surface area contributed by atoms with E-state index < -0.39 is 0 Å². The van der Waals surface area contributed by atoms with E-state index in [0.29, 0.717) is 0 Å². The van der Waals surface area contributed by atoms with Crippen LogP contribution in [0.1, 0.15) is 64.6 Å². The van der Waals surface area contributed by atoms with Crippen LogP contribution >= 0.6 is 12.4 Å². The van der Waals surface area contributed by atoms with Crippen molar-refractivity contribution < 1.29 is 0 Å². The molecule has 0 amide bonds. The molecule has 104 valence electrons. The van der Waals surface area contributed by atoms with Crippen LogP contribution in [0, 0.1) is 5.92 Å². The molecule has 0 radical (unpaired) electrons. The molecule has 0 saturated carbocycles. The van der Waals surface area contributed by atoms with Gasteiger partial charge in [-0.1, -0.05) is 58.9 Å². The Kier molecular flexibility index (Phi) is 6.94. The SMILES string of the molecule is CC(C)CC[C@@H](N)c1ccc(C(C)(C)C)cc1.Cl. The number of halogens is 1. The van der Waals surface area contributed by atoms with Gasteiger partial charge in [-0.05, 0) is 35.3 Å². The van der Waals surface area contributed by atoms with E-state index in [9.17, 15) is 0 Å². The lowest BCUT2D eigenvalue weighted by Crippen LogP contribution is -2.13. The quantitative estimate of drug-likeness (QED) is 0.831. The molecule has 18 heavy (non-hydrogen) atoms. The molecule has 0 aliphatic rings. The lowest BCUT2D eigenvalue weighted by molar-refractivity contribution is 0.507. The molecule has 0 heterocycles. The van der Waals surface area contributed by atoms with E-state index in [0.717, 1.165) is 12.3 Å². The lowest BCUT2D eigenvalue weighted by atomic mass is 9.86. The number of benzene rings is 1. The fourth-order valence-electron chi connectivity index (χ4n) is 1.91. The van der Waals surface area contributed by atoms with Crippen molar-refractivity contribution in [3.05, 3.63) is 35.4 Å². The maximum atomic E-state index is 6.20. The predicted molar refractivity (Wildman–Crippen MR) is 83.4 cm³/mol. The van der Waals surface area contributed by atoms with Gasteiger partial charge < -0.3 is 5.73 Å². The third-order valence-electron chi connectivity index (χ3n) is 3.26. The number of hydrogen-bond donors (Lipinski definition) is 1. The smallest absolute Gasteiger partial charge is 0.0294 e. The van der Waals surface area contributed by atoms with Crippen molar-refractivity contribution in [3.8, 4) is 0 Å². The molecule has 2 heteroatoms.